The first kappa shape index (κ1) is 22.8. The van der Waals surface area contributed by atoms with Crippen molar-refractivity contribution in [3.05, 3.63) is 86.7 Å². The second-order valence-electron chi connectivity index (χ2n) is 7.05. The molecule has 1 heterocycles. The van der Waals surface area contributed by atoms with Crippen molar-refractivity contribution in [1.82, 2.24) is 14.8 Å². The van der Waals surface area contributed by atoms with Gasteiger partial charge in [0.05, 0.1) is 5.02 Å². The van der Waals surface area contributed by atoms with Crippen molar-refractivity contribution in [2.24, 2.45) is 0 Å². The summed E-state index contributed by atoms with van der Waals surface area (Å²) in [5, 5.41) is 20.3. The van der Waals surface area contributed by atoms with Gasteiger partial charge in [-0.1, -0.05) is 48.2 Å². The molecule has 3 rings (SSSR count). The van der Waals surface area contributed by atoms with Crippen LogP contribution < -0.4 is 4.74 Å². The van der Waals surface area contributed by atoms with Gasteiger partial charge in [0.25, 0.3) is 0 Å². The maximum Gasteiger partial charge on any atom is 0.220 e. The molecule has 162 valence electrons. The van der Waals surface area contributed by atoms with Crippen LogP contribution in [0.3, 0.4) is 0 Å². The van der Waals surface area contributed by atoms with Crippen LogP contribution in [0.4, 0.5) is 0 Å². The van der Waals surface area contributed by atoms with Crippen molar-refractivity contribution in [3.63, 3.8) is 0 Å². The molecule has 0 bridgehead atoms. The molecule has 31 heavy (non-hydrogen) atoms. The molecular weight excluding hydrogens is 436 g/mol. The lowest BCUT2D eigenvalue weighted by atomic mass is 10.1. The van der Waals surface area contributed by atoms with Crippen LogP contribution in [-0.4, -0.2) is 32.8 Å². The van der Waals surface area contributed by atoms with E-state index >= 15 is 0 Å². The summed E-state index contributed by atoms with van der Waals surface area (Å²) < 4.78 is 7.41. The first-order valence-electron chi connectivity index (χ1n) is 9.61. The molecule has 1 atom stereocenters. The highest BCUT2D eigenvalue weighted by atomic mass is 35.5. The van der Waals surface area contributed by atoms with E-state index < -0.39 is 5.25 Å². The number of nitro groups is 1. The molecule has 3 aromatic rings. The third-order valence-electron chi connectivity index (χ3n) is 4.79. The number of hydrogen-bond donors (Lipinski definition) is 0. The molecule has 2 aromatic carbocycles. The summed E-state index contributed by atoms with van der Waals surface area (Å²) in [6, 6.07) is 11.3. The Morgan fingerprint density at radius 2 is 2.00 bits per heavy atom. The molecule has 0 saturated heterocycles. The second kappa shape index (κ2) is 9.98. The van der Waals surface area contributed by atoms with Gasteiger partial charge in [-0.15, -0.1) is 10.2 Å². The normalized spacial score (nSPS) is 11.9. The third kappa shape index (κ3) is 5.45. The number of nitrogens with zero attached hydrogens (tertiary/aromatic N) is 4. The first-order valence-corrected chi connectivity index (χ1v) is 10.9. The predicted molar refractivity (Wildman–Crippen MR) is 123 cm³/mol. The van der Waals surface area contributed by atoms with Crippen molar-refractivity contribution >= 4 is 23.4 Å². The highest BCUT2D eigenvalue weighted by Crippen LogP contribution is 2.38. The predicted octanol–water partition coefficient (Wildman–Crippen LogP) is 5.52. The fourth-order valence-corrected chi connectivity index (χ4v) is 4.45. The standard InChI is InChI=1S/C22H23ClN4O3S/c1-5-10-30-20-9-7-17(12-19(20)23)21(13-26(28)29)31-22-25-24-16(4)27(22)18-8-6-14(2)15(3)11-18/h5-9,11-12,21H,1,10,13H2,2-4H3/t21-/m0/s1. The molecule has 0 spiro atoms. The fraction of sp³-hybridized carbons (Fsp3) is 0.273. The van der Waals surface area contributed by atoms with Crippen molar-refractivity contribution < 1.29 is 9.66 Å². The number of aromatic nitrogens is 3. The topological polar surface area (TPSA) is 83.1 Å². The zero-order valence-electron chi connectivity index (χ0n) is 17.5. The number of benzene rings is 2. The summed E-state index contributed by atoms with van der Waals surface area (Å²) in [6.45, 7) is 9.60. The van der Waals surface area contributed by atoms with Crippen LogP contribution >= 0.6 is 23.4 Å². The Labute approximate surface area is 190 Å². The van der Waals surface area contributed by atoms with Gasteiger partial charge >= 0.3 is 0 Å². The highest BCUT2D eigenvalue weighted by Gasteiger charge is 2.24. The number of rotatable bonds is 9. The molecule has 0 fully saturated rings. The van der Waals surface area contributed by atoms with Crippen LogP contribution in [0.5, 0.6) is 5.75 Å². The van der Waals surface area contributed by atoms with Gasteiger partial charge in [-0.2, -0.15) is 0 Å². The molecule has 0 unspecified atom stereocenters. The van der Waals surface area contributed by atoms with Gasteiger partial charge < -0.3 is 4.74 Å². The van der Waals surface area contributed by atoms with Crippen LogP contribution in [0, 0.1) is 30.9 Å². The Hall–Kier alpha value is -2.84. The Morgan fingerprint density at radius 1 is 1.23 bits per heavy atom. The van der Waals surface area contributed by atoms with Crippen molar-refractivity contribution in [2.75, 3.05) is 13.2 Å². The molecule has 7 nitrogen and oxygen atoms in total. The van der Waals surface area contributed by atoms with Crippen LogP contribution in [0.2, 0.25) is 5.02 Å². The summed E-state index contributed by atoms with van der Waals surface area (Å²) >= 11 is 7.63. The average molecular weight is 459 g/mol. The van der Waals surface area contributed by atoms with Crippen molar-refractivity contribution in [2.45, 2.75) is 31.2 Å². The summed E-state index contributed by atoms with van der Waals surface area (Å²) in [5.74, 6) is 1.21. The molecule has 0 amide bonds. The molecule has 0 aliphatic carbocycles. The van der Waals surface area contributed by atoms with Crippen molar-refractivity contribution in [3.8, 4) is 11.4 Å². The summed E-state index contributed by atoms with van der Waals surface area (Å²) in [4.78, 5) is 11.1. The highest BCUT2D eigenvalue weighted by molar-refractivity contribution is 7.99. The van der Waals surface area contributed by atoms with E-state index in [-0.39, 0.29) is 11.5 Å². The van der Waals surface area contributed by atoms with E-state index in [0.29, 0.717) is 33.9 Å². The third-order valence-corrected chi connectivity index (χ3v) is 6.27. The maximum atomic E-state index is 11.4. The molecular formula is C22H23ClN4O3S. The molecule has 0 aliphatic rings. The van der Waals surface area contributed by atoms with E-state index in [0.717, 1.165) is 11.3 Å². The SMILES string of the molecule is C=CCOc1ccc([C@H](C[N+](=O)[O-])Sc2nnc(C)n2-c2ccc(C)c(C)c2)cc1Cl. The minimum atomic E-state index is -0.505. The maximum absolute atomic E-state index is 11.4. The number of aryl methyl sites for hydroxylation is 3. The smallest absolute Gasteiger partial charge is 0.220 e. The van der Waals surface area contributed by atoms with E-state index in [4.69, 9.17) is 16.3 Å². The monoisotopic (exact) mass is 458 g/mol. The number of thioether (sulfide) groups is 1. The molecule has 9 heteroatoms. The first-order chi connectivity index (χ1) is 14.8. The molecule has 0 aliphatic heterocycles. The molecule has 0 saturated carbocycles. The second-order valence-corrected chi connectivity index (χ2v) is 8.62. The average Bonchev–Trinajstić information content (AvgIpc) is 3.08. The summed E-state index contributed by atoms with van der Waals surface area (Å²) in [5.41, 5.74) is 3.96. The molecule has 0 radical (unpaired) electrons. The largest absolute Gasteiger partial charge is 0.488 e. The zero-order chi connectivity index (χ0) is 22.5. The van der Waals surface area contributed by atoms with Crippen LogP contribution in [0.25, 0.3) is 5.69 Å². The summed E-state index contributed by atoms with van der Waals surface area (Å²) in [7, 11) is 0. The van der Waals surface area contributed by atoms with Gasteiger partial charge in [0.15, 0.2) is 5.16 Å². The van der Waals surface area contributed by atoms with E-state index in [2.05, 4.69) is 22.8 Å². The fourth-order valence-electron chi connectivity index (χ4n) is 3.04. The van der Waals surface area contributed by atoms with Gasteiger partial charge in [-0.3, -0.25) is 14.7 Å². The Bertz CT molecular complexity index is 1120. The van der Waals surface area contributed by atoms with E-state index in [1.165, 1.54) is 17.3 Å². The minimum absolute atomic E-state index is 0.285. The van der Waals surface area contributed by atoms with Gasteiger partial charge in [0.2, 0.25) is 6.54 Å². The lowest BCUT2D eigenvalue weighted by Crippen LogP contribution is -2.11. The molecule has 1 aromatic heterocycles. The summed E-state index contributed by atoms with van der Waals surface area (Å²) in [6.07, 6.45) is 1.62. The van der Waals surface area contributed by atoms with Crippen molar-refractivity contribution in [1.29, 1.82) is 0 Å². The van der Waals surface area contributed by atoms with Crippen LogP contribution in [-0.2, 0) is 0 Å². The number of halogens is 1. The quantitative estimate of drug-likeness (QED) is 0.182. The lowest BCUT2D eigenvalue weighted by molar-refractivity contribution is -0.479. The minimum Gasteiger partial charge on any atom is -0.488 e. The number of hydrogen-bond acceptors (Lipinski definition) is 6. The number of ether oxygens (including phenoxy) is 1. The van der Waals surface area contributed by atoms with E-state index in [9.17, 15) is 10.1 Å². The van der Waals surface area contributed by atoms with Gasteiger partial charge in [-0.25, -0.2) is 0 Å². The zero-order valence-corrected chi connectivity index (χ0v) is 19.1. The molecule has 0 N–H and O–H groups in total. The van der Waals surface area contributed by atoms with E-state index in [1.807, 2.05) is 37.5 Å². The van der Waals surface area contributed by atoms with E-state index in [1.54, 1.807) is 24.3 Å². The van der Waals surface area contributed by atoms with Gasteiger partial charge in [-0.05, 0) is 61.7 Å². The van der Waals surface area contributed by atoms with Crippen LogP contribution in [0.1, 0.15) is 27.8 Å². The van der Waals surface area contributed by atoms with Gasteiger partial charge in [0.1, 0.15) is 23.4 Å². The Balaban J connectivity index is 1.96. The van der Waals surface area contributed by atoms with Crippen LogP contribution in [0.15, 0.2) is 54.2 Å². The Kier molecular flexibility index (Phi) is 7.35. The van der Waals surface area contributed by atoms with Gasteiger partial charge in [0, 0.05) is 10.6 Å². The lowest BCUT2D eigenvalue weighted by Gasteiger charge is -2.16. The Morgan fingerprint density at radius 3 is 2.65 bits per heavy atom.